The maximum atomic E-state index is 12.2. The Balaban J connectivity index is 1.45. The largest absolute Gasteiger partial charge is 0.457 e. The van der Waals surface area contributed by atoms with Crippen molar-refractivity contribution >= 4 is 5.97 Å². The number of benzene rings is 1. The summed E-state index contributed by atoms with van der Waals surface area (Å²) in [5.41, 5.74) is 2.67. The van der Waals surface area contributed by atoms with Gasteiger partial charge < -0.3 is 4.74 Å². The van der Waals surface area contributed by atoms with Gasteiger partial charge in [0, 0.05) is 6.42 Å². The molecule has 162 valence electrons. The van der Waals surface area contributed by atoms with Gasteiger partial charge in [0.1, 0.15) is 6.10 Å². The first kappa shape index (κ1) is 22.4. The lowest BCUT2D eigenvalue weighted by molar-refractivity contribution is -0.144. The van der Waals surface area contributed by atoms with E-state index < -0.39 is 0 Å². The lowest BCUT2D eigenvalue weighted by Gasteiger charge is -2.29. The quantitative estimate of drug-likeness (QED) is 0.278. The molecule has 0 radical (unpaired) electrons. The maximum absolute atomic E-state index is 12.2. The fourth-order valence-electron chi connectivity index (χ4n) is 5.35. The molecule has 1 saturated carbocycles. The van der Waals surface area contributed by atoms with Crippen LogP contribution < -0.4 is 0 Å². The third-order valence-corrected chi connectivity index (χ3v) is 7.34. The zero-order valence-electron chi connectivity index (χ0n) is 18.8. The Labute approximate surface area is 178 Å². The number of rotatable bonds is 11. The van der Waals surface area contributed by atoms with Crippen LogP contribution in [0.1, 0.15) is 127 Å². The number of carbonyl (C=O) groups excluding carboxylic acids is 1. The first-order valence-electron chi connectivity index (χ1n) is 12.5. The molecule has 2 aliphatic rings. The van der Waals surface area contributed by atoms with Gasteiger partial charge in [0.25, 0.3) is 0 Å². The Kier molecular flexibility index (Phi) is 9.08. The number of hydrogen-bond donors (Lipinski definition) is 0. The van der Waals surface area contributed by atoms with Gasteiger partial charge in [0.2, 0.25) is 0 Å². The summed E-state index contributed by atoms with van der Waals surface area (Å²) in [6.45, 7) is 4.52. The van der Waals surface area contributed by atoms with E-state index in [4.69, 9.17) is 4.74 Å². The first-order valence-corrected chi connectivity index (χ1v) is 12.5. The van der Waals surface area contributed by atoms with E-state index in [1.54, 1.807) is 0 Å². The summed E-state index contributed by atoms with van der Waals surface area (Å²) in [6.07, 6.45) is 17.8. The Bertz CT molecular complexity index is 597. The Morgan fingerprint density at radius 1 is 0.793 bits per heavy atom. The average Bonchev–Trinajstić information content (AvgIpc) is 3.13. The Morgan fingerprint density at radius 2 is 1.41 bits per heavy atom. The highest BCUT2D eigenvalue weighted by Crippen LogP contribution is 2.40. The van der Waals surface area contributed by atoms with Gasteiger partial charge in [0.15, 0.2) is 0 Å². The highest BCUT2D eigenvalue weighted by molar-refractivity contribution is 5.74. The zero-order chi connectivity index (χ0) is 20.5. The third-order valence-electron chi connectivity index (χ3n) is 7.34. The molecule has 3 rings (SSSR count). The number of cyclic esters (lactones) is 1. The molecule has 1 saturated heterocycles. The van der Waals surface area contributed by atoms with E-state index in [1.807, 2.05) is 0 Å². The topological polar surface area (TPSA) is 26.3 Å². The van der Waals surface area contributed by atoms with E-state index >= 15 is 0 Å². The van der Waals surface area contributed by atoms with Crippen LogP contribution in [-0.4, -0.2) is 5.97 Å². The predicted molar refractivity (Wildman–Crippen MR) is 121 cm³/mol. The van der Waals surface area contributed by atoms with Crippen molar-refractivity contribution < 1.29 is 9.53 Å². The van der Waals surface area contributed by atoms with Crippen LogP contribution in [0.25, 0.3) is 0 Å². The summed E-state index contributed by atoms with van der Waals surface area (Å²) in [6, 6.07) is 9.06. The number of unbranched alkanes of at least 4 members (excludes halogenated alkanes) is 5. The number of ether oxygens (including phenoxy) is 1. The highest BCUT2D eigenvalue weighted by Gasteiger charge is 2.34. The molecular formula is C27H42O2. The summed E-state index contributed by atoms with van der Waals surface area (Å²) in [4.78, 5) is 12.2. The van der Waals surface area contributed by atoms with E-state index in [9.17, 15) is 4.79 Å². The molecule has 0 bridgehead atoms. The maximum Gasteiger partial charge on any atom is 0.309 e. The van der Waals surface area contributed by atoms with Crippen LogP contribution in [0, 0.1) is 11.8 Å². The molecule has 1 aromatic rings. The van der Waals surface area contributed by atoms with E-state index in [-0.39, 0.29) is 18.0 Å². The van der Waals surface area contributed by atoms with Crippen molar-refractivity contribution in [1.29, 1.82) is 0 Å². The van der Waals surface area contributed by atoms with Crippen LogP contribution in [0.3, 0.4) is 0 Å². The number of carbonyl (C=O) groups is 1. The first-order chi connectivity index (χ1) is 14.2. The summed E-state index contributed by atoms with van der Waals surface area (Å²) >= 11 is 0. The Hall–Kier alpha value is -1.31. The molecule has 2 atom stereocenters. The number of hydrogen-bond acceptors (Lipinski definition) is 2. The summed E-state index contributed by atoms with van der Waals surface area (Å²) in [5.74, 6) is 1.82. The van der Waals surface area contributed by atoms with Crippen LogP contribution in [-0.2, 0) is 9.53 Å². The fraction of sp³-hybridized carbons (Fsp3) is 0.741. The van der Waals surface area contributed by atoms with Crippen molar-refractivity contribution in [1.82, 2.24) is 0 Å². The monoisotopic (exact) mass is 398 g/mol. The van der Waals surface area contributed by atoms with Crippen molar-refractivity contribution in [3.8, 4) is 0 Å². The molecule has 1 aliphatic carbocycles. The van der Waals surface area contributed by atoms with Gasteiger partial charge in [-0.05, 0) is 55.1 Å². The second-order valence-electron chi connectivity index (χ2n) is 9.59. The molecule has 0 unspecified atom stereocenters. The minimum absolute atomic E-state index is 0.0250. The van der Waals surface area contributed by atoms with E-state index in [2.05, 4.69) is 38.1 Å². The minimum Gasteiger partial charge on any atom is -0.457 e. The second kappa shape index (κ2) is 11.8. The molecular weight excluding hydrogens is 356 g/mol. The van der Waals surface area contributed by atoms with Gasteiger partial charge in [0.05, 0.1) is 5.92 Å². The van der Waals surface area contributed by atoms with E-state index in [0.717, 1.165) is 31.1 Å². The molecule has 2 fully saturated rings. The molecule has 2 nitrogen and oxygen atoms in total. The van der Waals surface area contributed by atoms with Crippen molar-refractivity contribution in [3.63, 3.8) is 0 Å². The fourth-order valence-corrected chi connectivity index (χ4v) is 5.35. The molecule has 29 heavy (non-hydrogen) atoms. The van der Waals surface area contributed by atoms with Crippen molar-refractivity contribution in [2.45, 2.75) is 116 Å². The lowest BCUT2D eigenvalue weighted by Crippen LogP contribution is -2.13. The van der Waals surface area contributed by atoms with Gasteiger partial charge in [-0.2, -0.15) is 0 Å². The van der Waals surface area contributed by atoms with Gasteiger partial charge >= 0.3 is 5.97 Å². The van der Waals surface area contributed by atoms with Crippen LogP contribution in [0.5, 0.6) is 0 Å². The minimum atomic E-state index is -0.0259. The van der Waals surface area contributed by atoms with Crippen molar-refractivity contribution in [2.24, 2.45) is 11.8 Å². The van der Waals surface area contributed by atoms with Gasteiger partial charge in [-0.25, -0.2) is 0 Å². The van der Waals surface area contributed by atoms with Crippen molar-refractivity contribution in [2.75, 3.05) is 0 Å². The van der Waals surface area contributed by atoms with E-state index in [1.165, 1.54) is 81.8 Å². The molecule has 1 aliphatic heterocycles. The van der Waals surface area contributed by atoms with Crippen LogP contribution in [0.2, 0.25) is 0 Å². The van der Waals surface area contributed by atoms with Gasteiger partial charge in [-0.1, -0.05) is 89.5 Å². The predicted octanol–water partition coefficient (Wildman–Crippen LogP) is 8.12. The third kappa shape index (κ3) is 6.59. The van der Waals surface area contributed by atoms with Gasteiger partial charge in [-0.15, -0.1) is 0 Å². The highest BCUT2D eigenvalue weighted by atomic mass is 16.5. The molecule has 1 aromatic carbocycles. The summed E-state index contributed by atoms with van der Waals surface area (Å²) in [7, 11) is 0. The second-order valence-corrected chi connectivity index (χ2v) is 9.59. The van der Waals surface area contributed by atoms with Crippen LogP contribution in [0.4, 0.5) is 0 Å². The molecule has 0 amide bonds. The molecule has 0 N–H and O–H groups in total. The summed E-state index contributed by atoms with van der Waals surface area (Å²) in [5, 5.41) is 0. The molecule has 0 aromatic heterocycles. The smallest absolute Gasteiger partial charge is 0.309 e. The molecule has 1 heterocycles. The molecule has 0 spiro atoms. The van der Waals surface area contributed by atoms with Crippen LogP contribution >= 0.6 is 0 Å². The zero-order valence-corrected chi connectivity index (χ0v) is 18.8. The molecule has 2 heteroatoms. The van der Waals surface area contributed by atoms with Gasteiger partial charge in [-0.3, -0.25) is 4.79 Å². The lowest BCUT2D eigenvalue weighted by atomic mass is 9.77. The van der Waals surface area contributed by atoms with E-state index in [0.29, 0.717) is 0 Å². The van der Waals surface area contributed by atoms with Crippen molar-refractivity contribution in [3.05, 3.63) is 35.4 Å². The standard InChI is InChI=1S/C27H42O2/c1-3-5-7-9-11-25-20-26(29-27(25)28)24-18-16-23(17-19-24)22-14-12-21(13-15-22)10-8-6-4-2/h16-19,21-22,25-26H,3-15,20H2,1-2H3/t21?,22?,25-,26+/m1/s1. The number of esters is 1. The SMILES string of the molecule is CCCCCC[C@@H]1C[C@@H](c2ccc(C3CCC(CCCCC)CC3)cc2)OC1=O. The van der Waals surface area contributed by atoms with Crippen LogP contribution in [0.15, 0.2) is 24.3 Å². The Morgan fingerprint density at radius 3 is 2.10 bits per heavy atom. The summed E-state index contributed by atoms with van der Waals surface area (Å²) < 4.78 is 5.72. The normalized spacial score (nSPS) is 27.2. The average molecular weight is 399 g/mol.